The second kappa shape index (κ2) is 5.19. The maximum absolute atomic E-state index is 2.29. The van der Waals surface area contributed by atoms with Crippen molar-refractivity contribution in [1.29, 1.82) is 0 Å². The van der Waals surface area contributed by atoms with E-state index in [2.05, 4.69) is 45.9 Å². The molecule has 0 heteroatoms. The fourth-order valence-corrected chi connectivity index (χ4v) is 2.00. The van der Waals surface area contributed by atoms with Crippen LogP contribution in [0.15, 0.2) is 18.2 Å². The van der Waals surface area contributed by atoms with Gasteiger partial charge < -0.3 is 0 Å². The lowest BCUT2D eigenvalue weighted by atomic mass is 9.92. The average Bonchev–Trinajstić information content (AvgIpc) is 2.10. The minimum Gasteiger partial charge on any atom is -0.0651 e. The fourth-order valence-electron chi connectivity index (χ4n) is 2.00. The molecule has 14 heavy (non-hydrogen) atoms. The highest BCUT2D eigenvalue weighted by Gasteiger charge is 2.05. The van der Waals surface area contributed by atoms with Gasteiger partial charge >= 0.3 is 0 Å². The number of aryl methyl sites for hydroxylation is 1. The molecule has 0 aliphatic rings. The molecule has 0 aromatic heterocycles. The first-order valence-corrected chi connectivity index (χ1v) is 5.72. The number of benzene rings is 1. The van der Waals surface area contributed by atoms with Gasteiger partial charge in [0.15, 0.2) is 0 Å². The monoisotopic (exact) mass is 190 g/mol. The van der Waals surface area contributed by atoms with E-state index >= 15 is 0 Å². The largest absolute Gasteiger partial charge is 0.0651 e. The van der Waals surface area contributed by atoms with Gasteiger partial charge in [-0.1, -0.05) is 45.4 Å². The molecule has 0 aliphatic carbocycles. The van der Waals surface area contributed by atoms with Crippen molar-refractivity contribution in [3.8, 4) is 0 Å². The van der Waals surface area contributed by atoms with Gasteiger partial charge in [0, 0.05) is 0 Å². The first kappa shape index (κ1) is 11.3. The highest BCUT2D eigenvalue weighted by Crippen LogP contribution is 2.19. The quantitative estimate of drug-likeness (QED) is 0.669. The third-order valence-corrected chi connectivity index (χ3v) is 2.64. The van der Waals surface area contributed by atoms with Crippen molar-refractivity contribution >= 4 is 0 Å². The van der Waals surface area contributed by atoms with Crippen molar-refractivity contribution in [2.75, 3.05) is 0 Å². The highest BCUT2D eigenvalue weighted by molar-refractivity contribution is 5.34. The van der Waals surface area contributed by atoms with E-state index in [1.54, 1.807) is 11.1 Å². The van der Waals surface area contributed by atoms with Gasteiger partial charge in [-0.25, -0.2) is 0 Å². The van der Waals surface area contributed by atoms with E-state index in [1.807, 2.05) is 0 Å². The second-order valence-electron chi connectivity index (χ2n) is 4.56. The van der Waals surface area contributed by atoms with Crippen LogP contribution in [0.3, 0.4) is 0 Å². The van der Waals surface area contributed by atoms with E-state index in [9.17, 15) is 0 Å². The van der Waals surface area contributed by atoms with Gasteiger partial charge in [-0.3, -0.25) is 0 Å². The van der Waals surface area contributed by atoms with E-state index in [1.165, 1.54) is 24.8 Å². The number of rotatable bonds is 4. The SMILES string of the molecule is CCCc1c(C)cccc1CC(C)C. The van der Waals surface area contributed by atoms with E-state index < -0.39 is 0 Å². The first-order valence-electron chi connectivity index (χ1n) is 5.72. The minimum absolute atomic E-state index is 0.757. The molecule has 0 bridgehead atoms. The van der Waals surface area contributed by atoms with Crippen LogP contribution in [0.5, 0.6) is 0 Å². The summed E-state index contributed by atoms with van der Waals surface area (Å²) in [6, 6.07) is 6.71. The van der Waals surface area contributed by atoms with E-state index in [-0.39, 0.29) is 0 Å². The Labute approximate surface area is 88.4 Å². The summed E-state index contributed by atoms with van der Waals surface area (Å²) in [7, 11) is 0. The van der Waals surface area contributed by atoms with Gasteiger partial charge in [0.05, 0.1) is 0 Å². The Morgan fingerprint density at radius 2 is 1.93 bits per heavy atom. The van der Waals surface area contributed by atoms with Gasteiger partial charge in [0.1, 0.15) is 0 Å². The molecule has 0 atom stereocenters. The zero-order valence-electron chi connectivity index (χ0n) is 9.93. The summed E-state index contributed by atoms with van der Waals surface area (Å²) in [6.07, 6.45) is 3.70. The van der Waals surface area contributed by atoms with Crippen LogP contribution >= 0.6 is 0 Å². The number of hydrogen-bond donors (Lipinski definition) is 0. The molecule has 0 aliphatic heterocycles. The molecule has 0 radical (unpaired) electrons. The van der Waals surface area contributed by atoms with Crippen molar-refractivity contribution in [3.05, 3.63) is 34.9 Å². The van der Waals surface area contributed by atoms with Crippen LogP contribution in [-0.2, 0) is 12.8 Å². The van der Waals surface area contributed by atoms with Crippen LogP contribution in [0, 0.1) is 12.8 Å². The van der Waals surface area contributed by atoms with Crippen LogP contribution < -0.4 is 0 Å². The van der Waals surface area contributed by atoms with Crippen molar-refractivity contribution in [3.63, 3.8) is 0 Å². The van der Waals surface area contributed by atoms with Gasteiger partial charge in [0.2, 0.25) is 0 Å². The van der Waals surface area contributed by atoms with Crippen molar-refractivity contribution in [2.45, 2.75) is 47.0 Å². The predicted octanol–water partition coefficient (Wildman–Crippen LogP) is 4.15. The van der Waals surface area contributed by atoms with Gasteiger partial charge in [-0.15, -0.1) is 0 Å². The Morgan fingerprint density at radius 3 is 2.50 bits per heavy atom. The first-order chi connectivity index (χ1) is 6.65. The fraction of sp³-hybridized carbons (Fsp3) is 0.571. The molecule has 0 fully saturated rings. The molecule has 78 valence electrons. The van der Waals surface area contributed by atoms with Crippen LogP contribution in [0.25, 0.3) is 0 Å². The number of hydrogen-bond acceptors (Lipinski definition) is 0. The zero-order valence-corrected chi connectivity index (χ0v) is 9.93. The van der Waals surface area contributed by atoms with E-state index in [4.69, 9.17) is 0 Å². The summed E-state index contributed by atoms with van der Waals surface area (Å²) in [5.74, 6) is 0.757. The summed E-state index contributed by atoms with van der Waals surface area (Å²) < 4.78 is 0. The lowest BCUT2D eigenvalue weighted by Gasteiger charge is -2.13. The normalized spacial score (nSPS) is 10.9. The Balaban J connectivity index is 2.95. The van der Waals surface area contributed by atoms with Gasteiger partial charge in [-0.2, -0.15) is 0 Å². The molecule has 1 rings (SSSR count). The summed E-state index contributed by atoms with van der Waals surface area (Å²) in [5.41, 5.74) is 4.61. The summed E-state index contributed by atoms with van der Waals surface area (Å²) in [4.78, 5) is 0. The molecule has 1 aromatic rings. The maximum Gasteiger partial charge on any atom is -0.0253 e. The molecule has 0 unspecified atom stereocenters. The standard InChI is InChI=1S/C14H22/c1-5-7-14-12(4)8-6-9-13(14)10-11(2)3/h6,8-9,11H,5,7,10H2,1-4H3. The summed E-state index contributed by atoms with van der Waals surface area (Å²) in [5, 5.41) is 0. The molecule has 1 aromatic carbocycles. The molecular weight excluding hydrogens is 168 g/mol. The molecule has 0 amide bonds. The lowest BCUT2D eigenvalue weighted by Crippen LogP contribution is -2.01. The van der Waals surface area contributed by atoms with Gasteiger partial charge in [0.25, 0.3) is 0 Å². The molecule has 0 nitrogen and oxygen atoms in total. The topological polar surface area (TPSA) is 0 Å². The van der Waals surface area contributed by atoms with Crippen LogP contribution in [0.2, 0.25) is 0 Å². The summed E-state index contributed by atoms with van der Waals surface area (Å²) >= 11 is 0. The molecule has 0 spiro atoms. The summed E-state index contributed by atoms with van der Waals surface area (Å²) in [6.45, 7) is 9.07. The smallest absolute Gasteiger partial charge is 0.0253 e. The van der Waals surface area contributed by atoms with Crippen molar-refractivity contribution < 1.29 is 0 Å². The van der Waals surface area contributed by atoms with Crippen molar-refractivity contribution in [2.24, 2.45) is 5.92 Å². The highest BCUT2D eigenvalue weighted by atomic mass is 14.1. The average molecular weight is 190 g/mol. The Hall–Kier alpha value is -0.780. The molecule has 0 heterocycles. The third kappa shape index (κ3) is 2.87. The van der Waals surface area contributed by atoms with Gasteiger partial charge in [-0.05, 0) is 42.4 Å². The van der Waals surface area contributed by atoms with Crippen molar-refractivity contribution in [1.82, 2.24) is 0 Å². The molecule has 0 N–H and O–H groups in total. The maximum atomic E-state index is 2.29. The molecule has 0 saturated carbocycles. The minimum atomic E-state index is 0.757. The van der Waals surface area contributed by atoms with E-state index in [0.717, 1.165) is 5.92 Å². The Bertz CT molecular complexity index is 284. The van der Waals surface area contributed by atoms with E-state index in [0.29, 0.717) is 0 Å². The Morgan fingerprint density at radius 1 is 1.21 bits per heavy atom. The third-order valence-electron chi connectivity index (χ3n) is 2.64. The van der Waals surface area contributed by atoms with Crippen LogP contribution in [-0.4, -0.2) is 0 Å². The second-order valence-corrected chi connectivity index (χ2v) is 4.56. The Kier molecular flexibility index (Phi) is 4.19. The van der Waals surface area contributed by atoms with Crippen LogP contribution in [0.1, 0.15) is 43.9 Å². The zero-order chi connectivity index (χ0) is 10.6. The predicted molar refractivity (Wildman–Crippen MR) is 63.7 cm³/mol. The molecule has 0 saturated heterocycles. The van der Waals surface area contributed by atoms with Crippen LogP contribution in [0.4, 0.5) is 0 Å². The molecular formula is C14H22. The lowest BCUT2D eigenvalue weighted by molar-refractivity contribution is 0.641.